The van der Waals surface area contributed by atoms with Gasteiger partial charge in [-0.1, -0.05) is 44.2 Å². The number of piperidine rings is 1. The molecule has 2 aliphatic rings. The van der Waals surface area contributed by atoms with Gasteiger partial charge in [0.05, 0.1) is 0 Å². The number of hydrogen-bond acceptors (Lipinski definition) is 2. The maximum Gasteiger partial charge on any atom is 0.247 e. The standard InChI is InChI=1S/C22H30N2O2/c1-3-18(19-8-5-4-6-9-19)16-21(25)24-13-7-10-20(24)22(26)23-14-11-17(2)12-15-23/h4-6,8-9,16-17,20H,3,7,10-15H2,1-2H3/b18-16+/t20-/m0/s1. The van der Waals surface area contributed by atoms with Crippen LogP contribution in [0.25, 0.3) is 5.57 Å². The molecule has 26 heavy (non-hydrogen) atoms. The number of benzene rings is 1. The zero-order valence-corrected chi connectivity index (χ0v) is 16.0. The second-order valence-electron chi connectivity index (χ2n) is 7.59. The Morgan fingerprint density at radius 1 is 1.08 bits per heavy atom. The van der Waals surface area contributed by atoms with Gasteiger partial charge >= 0.3 is 0 Å². The Labute approximate surface area is 156 Å². The molecular weight excluding hydrogens is 324 g/mol. The molecule has 1 aromatic rings. The third kappa shape index (κ3) is 4.17. The normalized spacial score (nSPS) is 21.9. The first-order valence-electron chi connectivity index (χ1n) is 9.95. The Morgan fingerprint density at radius 3 is 2.42 bits per heavy atom. The molecule has 0 aromatic heterocycles. The van der Waals surface area contributed by atoms with E-state index >= 15 is 0 Å². The minimum atomic E-state index is -0.277. The Bertz CT molecular complexity index is 660. The number of likely N-dealkylation sites (tertiary alicyclic amines) is 2. The van der Waals surface area contributed by atoms with E-state index in [9.17, 15) is 9.59 Å². The van der Waals surface area contributed by atoms with Crippen LogP contribution < -0.4 is 0 Å². The fraction of sp³-hybridized carbons (Fsp3) is 0.545. The molecular formula is C22H30N2O2. The highest BCUT2D eigenvalue weighted by atomic mass is 16.2. The van der Waals surface area contributed by atoms with Gasteiger partial charge in [0, 0.05) is 25.7 Å². The number of nitrogens with zero attached hydrogens (tertiary/aromatic N) is 2. The Hall–Kier alpha value is -2.10. The number of rotatable bonds is 4. The van der Waals surface area contributed by atoms with Crippen molar-refractivity contribution in [1.29, 1.82) is 0 Å². The molecule has 2 heterocycles. The number of carbonyl (C=O) groups is 2. The van der Waals surface area contributed by atoms with Gasteiger partial charge < -0.3 is 9.80 Å². The minimum absolute atomic E-state index is 0.0214. The molecule has 0 aliphatic carbocycles. The summed E-state index contributed by atoms with van der Waals surface area (Å²) in [5.41, 5.74) is 2.11. The molecule has 2 amide bonds. The van der Waals surface area contributed by atoms with E-state index in [1.807, 2.05) is 35.2 Å². The van der Waals surface area contributed by atoms with Gasteiger partial charge in [-0.2, -0.15) is 0 Å². The molecule has 140 valence electrons. The molecule has 1 atom stereocenters. The maximum absolute atomic E-state index is 13.0. The summed E-state index contributed by atoms with van der Waals surface area (Å²) < 4.78 is 0. The molecule has 0 N–H and O–H groups in total. The summed E-state index contributed by atoms with van der Waals surface area (Å²) in [7, 11) is 0. The molecule has 1 aromatic carbocycles. The first-order chi connectivity index (χ1) is 12.6. The average Bonchev–Trinajstić information content (AvgIpc) is 3.16. The largest absolute Gasteiger partial charge is 0.341 e. The van der Waals surface area contributed by atoms with E-state index in [1.165, 1.54) is 0 Å². The van der Waals surface area contributed by atoms with E-state index < -0.39 is 0 Å². The van der Waals surface area contributed by atoms with Gasteiger partial charge in [0.25, 0.3) is 0 Å². The van der Waals surface area contributed by atoms with Crippen molar-refractivity contribution >= 4 is 17.4 Å². The summed E-state index contributed by atoms with van der Waals surface area (Å²) in [4.78, 5) is 29.6. The summed E-state index contributed by atoms with van der Waals surface area (Å²) in [6.07, 6.45) is 6.37. The van der Waals surface area contributed by atoms with Crippen LogP contribution in [0.2, 0.25) is 0 Å². The fourth-order valence-electron chi connectivity index (χ4n) is 4.00. The van der Waals surface area contributed by atoms with Crippen LogP contribution in [-0.4, -0.2) is 47.3 Å². The smallest absolute Gasteiger partial charge is 0.247 e. The van der Waals surface area contributed by atoms with Gasteiger partial charge in [-0.3, -0.25) is 9.59 Å². The second-order valence-corrected chi connectivity index (χ2v) is 7.59. The first-order valence-corrected chi connectivity index (χ1v) is 9.95. The van der Waals surface area contributed by atoms with Crippen molar-refractivity contribution in [2.24, 2.45) is 5.92 Å². The Balaban J connectivity index is 1.71. The molecule has 4 heteroatoms. The van der Waals surface area contributed by atoms with Gasteiger partial charge in [0.15, 0.2) is 0 Å². The van der Waals surface area contributed by atoms with Crippen LogP contribution in [0.15, 0.2) is 36.4 Å². The highest BCUT2D eigenvalue weighted by Gasteiger charge is 2.36. The highest BCUT2D eigenvalue weighted by molar-refractivity contribution is 5.98. The zero-order chi connectivity index (χ0) is 18.5. The maximum atomic E-state index is 13.0. The monoisotopic (exact) mass is 354 g/mol. The third-order valence-electron chi connectivity index (χ3n) is 5.74. The molecule has 3 rings (SSSR count). The fourth-order valence-corrected chi connectivity index (χ4v) is 4.00. The van der Waals surface area contributed by atoms with Crippen LogP contribution in [-0.2, 0) is 9.59 Å². The molecule has 0 saturated carbocycles. The quantitative estimate of drug-likeness (QED) is 0.773. The van der Waals surface area contributed by atoms with Crippen molar-refractivity contribution in [3.63, 3.8) is 0 Å². The summed E-state index contributed by atoms with van der Waals surface area (Å²) in [5, 5.41) is 0. The first kappa shape index (κ1) is 18.7. The summed E-state index contributed by atoms with van der Waals surface area (Å²) >= 11 is 0. The number of allylic oxidation sites excluding steroid dienone is 1. The van der Waals surface area contributed by atoms with Gasteiger partial charge in [0.1, 0.15) is 6.04 Å². The SMILES string of the molecule is CC/C(=C\C(=O)N1CCC[C@H]1C(=O)N1CCC(C)CC1)c1ccccc1. The van der Waals surface area contributed by atoms with E-state index in [4.69, 9.17) is 0 Å². The molecule has 0 bridgehead atoms. The lowest BCUT2D eigenvalue weighted by Crippen LogP contribution is -2.49. The number of hydrogen-bond donors (Lipinski definition) is 0. The van der Waals surface area contributed by atoms with Crippen molar-refractivity contribution in [1.82, 2.24) is 9.80 Å². The van der Waals surface area contributed by atoms with E-state index in [0.29, 0.717) is 12.5 Å². The van der Waals surface area contributed by atoms with Gasteiger partial charge in [0.2, 0.25) is 11.8 Å². The molecule has 0 spiro atoms. The van der Waals surface area contributed by atoms with Crippen LogP contribution in [0.3, 0.4) is 0 Å². The minimum Gasteiger partial charge on any atom is -0.341 e. The summed E-state index contributed by atoms with van der Waals surface area (Å²) in [6, 6.07) is 9.74. The predicted molar refractivity (Wildman–Crippen MR) is 104 cm³/mol. The third-order valence-corrected chi connectivity index (χ3v) is 5.74. The van der Waals surface area contributed by atoms with Crippen molar-refractivity contribution < 1.29 is 9.59 Å². The van der Waals surface area contributed by atoms with Gasteiger partial charge in [-0.05, 0) is 49.2 Å². The number of carbonyl (C=O) groups excluding carboxylic acids is 2. The molecule has 0 unspecified atom stereocenters. The Kier molecular flexibility index (Phi) is 6.12. The van der Waals surface area contributed by atoms with E-state index in [-0.39, 0.29) is 17.9 Å². The molecule has 4 nitrogen and oxygen atoms in total. The van der Waals surface area contributed by atoms with Gasteiger partial charge in [-0.25, -0.2) is 0 Å². The van der Waals surface area contributed by atoms with Crippen molar-refractivity contribution in [2.45, 2.75) is 52.0 Å². The summed E-state index contributed by atoms with van der Waals surface area (Å²) in [5.74, 6) is 0.821. The van der Waals surface area contributed by atoms with Crippen LogP contribution in [0, 0.1) is 5.92 Å². The lowest BCUT2D eigenvalue weighted by atomic mass is 9.98. The van der Waals surface area contributed by atoms with Crippen LogP contribution in [0.4, 0.5) is 0 Å². The van der Waals surface area contributed by atoms with Crippen molar-refractivity contribution in [3.05, 3.63) is 42.0 Å². The summed E-state index contributed by atoms with van der Waals surface area (Å²) in [6.45, 7) is 6.65. The highest BCUT2D eigenvalue weighted by Crippen LogP contribution is 2.25. The van der Waals surface area contributed by atoms with E-state index in [2.05, 4.69) is 13.8 Å². The molecule has 2 saturated heterocycles. The van der Waals surface area contributed by atoms with E-state index in [1.54, 1.807) is 11.0 Å². The van der Waals surface area contributed by atoms with Crippen LogP contribution >= 0.6 is 0 Å². The molecule has 2 aliphatic heterocycles. The number of amides is 2. The average molecular weight is 354 g/mol. The zero-order valence-electron chi connectivity index (χ0n) is 16.0. The predicted octanol–water partition coefficient (Wildman–Crippen LogP) is 3.73. The van der Waals surface area contributed by atoms with Crippen molar-refractivity contribution in [2.75, 3.05) is 19.6 Å². The van der Waals surface area contributed by atoms with Crippen molar-refractivity contribution in [3.8, 4) is 0 Å². The second kappa shape index (κ2) is 8.52. The van der Waals surface area contributed by atoms with E-state index in [0.717, 1.165) is 56.3 Å². The van der Waals surface area contributed by atoms with Crippen LogP contribution in [0.5, 0.6) is 0 Å². The molecule has 2 fully saturated rings. The van der Waals surface area contributed by atoms with Crippen LogP contribution in [0.1, 0.15) is 51.5 Å². The molecule has 0 radical (unpaired) electrons. The lowest BCUT2D eigenvalue weighted by molar-refractivity contribution is -0.142. The topological polar surface area (TPSA) is 40.6 Å². The lowest BCUT2D eigenvalue weighted by Gasteiger charge is -2.34. The van der Waals surface area contributed by atoms with Gasteiger partial charge in [-0.15, -0.1) is 0 Å². The Morgan fingerprint density at radius 2 is 1.77 bits per heavy atom.